The first kappa shape index (κ1) is 20.2. The molecule has 0 aliphatic carbocycles. The molecule has 0 aromatic heterocycles. The molecule has 0 saturated heterocycles. The monoisotopic (exact) mass is 370 g/mol. The molecule has 0 unspecified atom stereocenters. The zero-order valence-corrected chi connectivity index (χ0v) is 15.1. The smallest absolute Gasteiger partial charge is 0.338 e. The van der Waals surface area contributed by atoms with Crippen LogP contribution in [0.5, 0.6) is 0 Å². The molecule has 27 heavy (non-hydrogen) atoms. The Balaban J connectivity index is 1.92. The van der Waals surface area contributed by atoms with Crippen LogP contribution < -0.4 is 0 Å². The quantitative estimate of drug-likeness (QED) is 0.497. The summed E-state index contributed by atoms with van der Waals surface area (Å²) in [6.07, 6.45) is -0.0149. The summed E-state index contributed by atoms with van der Waals surface area (Å²) in [6.45, 7) is 1.44. The van der Waals surface area contributed by atoms with Crippen LogP contribution in [0.25, 0.3) is 0 Å². The van der Waals surface area contributed by atoms with Crippen LogP contribution in [0.15, 0.2) is 60.7 Å². The summed E-state index contributed by atoms with van der Waals surface area (Å²) in [4.78, 5) is 35.9. The van der Waals surface area contributed by atoms with Gasteiger partial charge in [-0.15, -0.1) is 0 Å². The highest BCUT2D eigenvalue weighted by molar-refractivity contribution is 5.89. The van der Waals surface area contributed by atoms with Crippen molar-refractivity contribution in [2.24, 2.45) is 0 Å². The minimum Gasteiger partial charge on any atom is -0.458 e. The van der Waals surface area contributed by atoms with E-state index in [1.165, 1.54) is 0 Å². The van der Waals surface area contributed by atoms with Crippen molar-refractivity contribution in [1.82, 2.24) is 0 Å². The molecule has 142 valence electrons. The van der Waals surface area contributed by atoms with Crippen molar-refractivity contribution < 1.29 is 28.6 Å². The summed E-state index contributed by atoms with van der Waals surface area (Å²) in [5.74, 6) is -1.52. The van der Waals surface area contributed by atoms with Crippen LogP contribution >= 0.6 is 0 Å². The minimum absolute atomic E-state index is 0.203. The second-order valence-corrected chi connectivity index (χ2v) is 5.79. The molecular formula is C21H22O6. The molecule has 2 aromatic carbocycles. The molecule has 0 bridgehead atoms. The van der Waals surface area contributed by atoms with Crippen molar-refractivity contribution in [1.29, 1.82) is 0 Å². The van der Waals surface area contributed by atoms with Gasteiger partial charge in [-0.25, -0.2) is 9.59 Å². The second-order valence-electron chi connectivity index (χ2n) is 5.79. The van der Waals surface area contributed by atoms with E-state index in [1.807, 2.05) is 6.92 Å². The van der Waals surface area contributed by atoms with E-state index in [-0.39, 0.29) is 19.6 Å². The summed E-state index contributed by atoms with van der Waals surface area (Å²) >= 11 is 0. The highest BCUT2D eigenvalue weighted by Gasteiger charge is 2.20. The Bertz CT molecular complexity index is 686. The maximum Gasteiger partial charge on any atom is 0.338 e. The van der Waals surface area contributed by atoms with Gasteiger partial charge >= 0.3 is 17.9 Å². The van der Waals surface area contributed by atoms with E-state index < -0.39 is 24.0 Å². The number of carbonyl (C=O) groups excluding carboxylic acids is 3. The first-order chi connectivity index (χ1) is 13.1. The first-order valence-electron chi connectivity index (χ1n) is 8.74. The number of ether oxygens (including phenoxy) is 3. The first-order valence-corrected chi connectivity index (χ1v) is 8.74. The van der Waals surface area contributed by atoms with E-state index >= 15 is 0 Å². The molecular weight excluding hydrogens is 348 g/mol. The van der Waals surface area contributed by atoms with Gasteiger partial charge in [0.05, 0.1) is 11.1 Å². The summed E-state index contributed by atoms with van der Waals surface area (Å²) < 4.78 is 15.7. The van der Waals surface area contributed by atoms with Crippen molar-refractivity contribution >= 4 is 17.9 Å². The van der Waals surface area contributed by atoms with Crippen molar-refractivity contribution in [2.45, 2.75) is 25.9 Å². The van der Waals surface area contributed by atoms with E-state index in [1.54, 1.807) is 60.7 Å². The van der Waals surface area contributed by atoms with Gasteiger partial charge in [-0.3, -0.25) is 4.79 Å². The third-order valence-electron chi connectivity index (χ3n) is 3.57. The minimum atomic E-state index is -0.871. The second kappa shape index (κ2) is 10.8. The van der Waals surface area contributed by atoms with E-state index in [4.69, 9.17) is 14.2 Å². The molecule has 0 atom stereocenters. The number of benzene rings is 2. The van der Waals surface area contributed by atoms with Gasteiger partial charge in [0, 0.05) is 6.42 Å². The molecule has 0 heterocycles. The van der Waals surface area contributed by atoms with E-state index in [9.17, 15) is 14.4 Å². The number of esters is 3. The Morgan fingerprint density at radius 2 is 1.22 bits per heavy atom. The van der Waals surface area contributed by atoms with Gasteiger partial charge in [0.1, 0.15) is 13.2 Å². The number of hydrogen-bond donors (Lipinski definition) is 0. The van der Waals surface area contributed by atoms with Gasteiger partial charge in [0.25, 0.3) is 0 Å². The molecule has 0 amide bonds. The molecule has 6 nitrogen and oxygen atoms in total. The third-order valence-corrected chi connectivity index (χ3v) is 3.57. The molecule has 6 heteroatoms. The van der Waals surface area contributed by atoms with Gasteiger partial charge in [-0.2, -0.15) is 0 Å². The van der Waals surface area contributed by atoms with Crippen LogP contribution in [-0.2, 0) is 19.0 Å². The van der Waals surface area contributed by atoms with Crippen molar-refractivity contribution in [3.05, 3.63) is 71.8 Å². The van der Waals surface area contributed by atoms with E-state index in [0.717, 1.165) is 0 Å². The van der Waals surface area contributed by atoms with Gasteiger partial charge in [-0.1, -0.05) is 43.3 Å². The lowest BCUT2D eigenvalue weighted by Crippen LogP contribution is -2.30. The van der Waals surface area contributed by atoms with Crippen molar-refractivity contribution in [3.63, 3.8) is 0 Å². The molecule has 0 spiro atoms. The topological polar surface area (TPSA) is 78.9 Å². The molecule has 0 radical (unpaired) electrons. The van der Waals surface area contributed by atoms with Gasteiger partial charge in [-0.05, 0) is 30.7 Å². The number of carbonyl (C=O) groups is 3. The molecule has 0 aliphatic rings. The molecule has 0 saturated carbocycles. The third kappa shape index (κ3) is 6.93. The van der Waals surface area contributed by atoms with Crippen LogP contribution in [0.4, 0.5) is 0 Å². The molecule has 0 fully saturated rings. The zero-order valence-electron chi connectivity index (χ0n) is 15.1. The van der Waals surface area contributed by atoms with E-state index in [2.05, 4.69) is 0 Å². The highest BCUT2D eigenvalue weighted by Crippen LogP contribution is 2.07. The fraction of sp³-hybridized carbons (Fsp3) is 0.286. The van der Waals surface area contributed by atoms with Crippen LogP contribution in [0.1, 0.15) is 40.5 Å². The summed E-state index contributed by atoms with van der Waals surface area (Å²) in [5, 5.41) is 0. The Morgan fingerprint density at radius 3 is 1.63 bits per heavy atom. The lowest BCUT2D eigenvalue weighted by atomic mass is 10.2. The average Bonchev–Trinajstić information content (AvgIpc) is 2.71. The predicted octanol–water partition coefficient (Wildman–Crippen LogP) is 3.41. The van der Waals surface area contributed by atoms with E-state index in [0.29, 0.717) is 17.5 Å². The predicted molar refractivity (Wildman–Crippen MR) is 98.2 cm³/mol. The molecule has 2 aromatic rings. The fourth-order valence-corrected chi connectivity index (χ4v) is 2.22. The highest BCUT2D eigenvalue weighted by atomic mass is 16.6. The Labute approximate surface area is 158 Å². The van der Waals surface area contributed by atoms with Crippen LogP contribution in [0.3, 0.4) is 0 Å². The maximum atomic E-state index is 12.0. The molecule has 2 rings (SSSR count). The van der Waals surface area contributed by atoms with Crippen molar-refractivity contribution in [3.8, 4) is 0 Å². The number of rotatable bonds is 9. The summed E-state index contributed by atoms with van der Waals surface area (Å²) in [6, 6.07) is 16.9. The number of hydrogen-bond acceptors (Lipinski definition) is 6. The van der Waals surface area contributed by atoms with Crippen molar-refractivity contribution in [2.75, 3.05) is 13.2 Å². The lowest BCUT2D eigenvalue weighted by molar-refractivity contribution is -0.153. The Morgan fingerprint density at radius 1 is 0.778 bits per heavy atom. The van der Waals surface area contributed by atoms with Crippen LogP contribution in [0, 0.1) is 0 Å². The average molecular weight is 370 g/mol. The molecule has 0 N–H and O–H groups in total. The normalized spacial score (nSPS) is 10.3. The Kier molecular flexibility index (Phi) is 8.03. The van der Waals surface area contributed by atoms with Crippen LogP contribution in [-0.4, -0.2) is 37.2 Å². The van der Waals surface area contributed by atoms with Gasteiger partial charge in [0.15, 0.2) is 6.10 Å². The molecule has 0 aliphatic heterocycles. The van der Waals surface area contributed by atoms with Gasteiger partial charge in [0.2, 0.25) is 0 Å². The standard InChI is InChI=1S/C21H22O6/c1-2-9-19(22)27-18(14-25-20(23)16-10-5-3-6-11-16)15-26-21(24)17-12-7-4-8-13-17/h3-8,10-13,18H,2,9,14-15H2,1H3. The van der Waals surface area contributed by atoms with Crippen LogP contribution in [0.2, 0.25) is 0 Å². The summed E-state index contributed by atoms with van der Waals surface area (Å²) in [7, 11) is 0. The summed E-state index contributed by atoms with van der Waals surface area (Å²) in [5.41, 5.74) is 0.773. The Hall–Kier alpha value is -3.15. The zero-order chi connectivity index (χ0) is 19.5. The van der Waals surface area contributed by atoms with Gasteiger partial charge < -0.3 is 14.2 Å². The fourth-order valence-electron chi connectivity index (χ4n) is 2.22. The lowest BCUT2D eigenvalue weighted by Gasteiger charge is -2.18. The SMILES string of the molecule is CCCC(=O)OC(COC(=O)c1ccccc1)COC(=O)c1ccccc1. The largest absolute Gasteiger partial charge is 0.458 e. The maximum absolute atomic E-state index is 12.0.